The fourth-order valence-electron chi connectivity index (χ4n) is 2.02. The molecule has 2 aromatic rings. The van der Waals surface area contributed by atoms with Gasteiger partial charge in [0.05, 0.1) is 11.8 Å². The van der Waals surface area contributed by atoms with Crippen molar-refractivity contribution in [3.63, 3.8) is 0 Å². The van der Waals surface area contributed by atoms with Crippen molar-refractivity contribution in [2.24, 2.45) is 0 Å². The Kier molecular flexibility index (Phi) is 5.40. The van der Waals surface area contributed by atoms with Gasteiger partial charge in [-0.05, 0) is 19.1 Å². The maximum atomic E-state index is 12.2. The lowest BCUT2D eigenvalue weighted by Crippen LogP contribution is -2.51. The molecule has 0 radical (unpaired) electrons. The van der Waals surface area contributed by atoms with E-state index in [0.717, 1.165) is 5.56 Å². The van der Waals surface area contributed by atoms with Gasteiger partial charge in [-0.25, -0.2) is 10.5 Å². The van der Waals surface area contributed by atoms with E-state index in [0.29, 0.717) is 5.69 Å². The van der Waals surface area contributed by atoms with Gasteiger partial charge >= 0.3 is 0 Å². The summed E-state index contributed by atoms with van der Waals surface area (Å²) in [5.41, 5.74) is 2.97. The van der Waals surface area contributed by atoms with Gasteiger partial charge in [0.1, 0.15) is 11.7 Å². The summed E-state index contributed by atoms with van der Waals surface area (Å²) in [7, 11) is 0. The van der Waals surface area contributed by atoms with Gasteiger partial charge < -0.3 is 10.4 Å². The number of carbonyl (C=O) groups is 2. The highest BCUT2D eigenvalue weighted by atomic mass is 16.5. The Labute approximate surface area is 132 Å². The molecule has 2 rings (SSSR count). The number of hydrogen-bond donors (Lipinski definition) is 4. The number of pyridine rings is 1. The van der Waals surface area contributed by atoms with Gasteiger partial charge in [-0.3, -0.25) is 14.8 Å². The van der Waals surface area contributed by atoms with E-state index in [2.05, 4.69) is 10.3 Å². The summed E-state index contributed by atoms with van der Waals surface area (Å²) in [6.45, 7) is 1.33. The molecular formula is C16H17N3O4. The summed E-state index contributed by atoms with van der Waals surface area (Å²) in [4.78, 5) is 27.9. The van der Waals surface area contributed by atoms with Crippen LogP contribution in [0.4, 0.5) is 0 Å². The molecule has 1 heterocycles. The van der Waals surface area contributed by atoms with Crippen LogP contribution in [0.3, 0.4) is 0 Å². The Morgan fingerprint density at radius 2 is 1.78 bits per heavy atom. The predicted octanol–water partition coefficient (Wildman–Crippen LogP) is 0.733. The summed E-state index contributed by atoms with van der Waals surface area (Å²) < 4.78 is 0. The first-order chi connectivity index (χ1) is 11.0. The number of nitrogens with one attached hydrogen (secondary N) is 2. The van der Waals surface area contributed by atoms with Crippen LogP contribution in [0.1, 0.15) is 17.4 Å². The third-order valence-electron chi connectivity index (χ3n) is 3.21. The Balaban J connectivity index is 2.21. The van der Waals surface area contributed by atoms with Crippen molar-refractivity contribution in [2.45, 2.75) is 19.1 Å². The standard InChI is InChI=1S/C16H17N3O4/c1-10(20)14(16(22)19-23)18-15(21)13-9-5-8-12(17-13)11-6-3-2-4-7-11/h2-10,14,20,23H,1H3,(H,18,21)(H,19,22). The molecule has 0 bridgehead atoms. The topological polar surface area (TPSA) is 112 Å². The molecule has 7 nitrogen and oxygen atoms in total. The highest BCUT2D eigenvalue weighted by molar-refractivity contribution is 5.96. The third-order valence-corrected chi connectivity index (χ3v) is 3.21. The van der Waals surface area contributed by atoms with Crippen molar-refractivity contribution >= 4 is 11.8 Å². The van der Waals surface area contributed by atoms with E-state index in [1.54, 1.807) is 12.1 Å². The van der Waals surface area contributed by atoms with Crippen molar-refractivity contribution in [3.05, 3.63) is 54.2 Å². The zero-order valence-electron chi connectivity index (χ0n) is 12.4. The first kappa shape index (κ1) is 16.6. The quantitative estimate of drug-likeness (QED) is 0.480. The van der Waals surface area contributed by atoms with Crippen molar-refractivity contribution in [3.8, 4) is 11.3 Å². The van der Waals surface area contributed by atoms with Gasteiger partial charge in [0.15, 0.2) is 0 Å². The lowest BCUT2D eigenvalue weighted by Gasteiger charge is -2.19. The van der Waals surface area contributed by atoms with Crippen LogP contribution in [0.2, 0.25) is 0 Å². The number of hydroxylamine groups is 1. The van der Waals surface area contributed by atoms with Crippen LogP contribution in [-0.2, 0) is 4.79 Å². The van der Waals surface area contributed by atoms with Gasteiger partial charge in [0.25, 0.3) is 11.8 Å². The number of benzene rings is 1. The molecule has 0 aliphatic carbocycles. The summed E-state index contributed by atoms with van der Waals surface area (Å²) in [5, 5.41) is 20.5. The summed E-state index contributed by atoms with van der Waals surface area (Å²) >= 11 is 0. The number of amides is 2. The second-order valence-corrected chi connectivity index (χ2v) is 4.94. The van der Waals surface area contributed by atoms with Crippen LogP contribution in [0.5, 0.6) is 0 Å². The fourth-order valence-corrected chi connectivity index (χ4v) is 2.02. The van der Waals surface area contributed by atoms with Gasteiger partial charge in [-0.2, -0.15) is 0 Å². The Morgan fingerprint density at radius 3 is 2.39 bits per heavy atom. The molecule has 0 aliphatic rings. The molecule has 2 atom stereocenters. The molecule has 1 aromatic heterocycles. The maximum Gasteiger partial charge on any atom is 0.270 e. The molecule has 23 heavy (non-hydrogen) atoms. The molecule has 120 valence electrons. The van der Waals surface area contributed by atoms with Crippen molar-refractivity contribution in [1.29, 1.82) is 0 Å². The summed E-state index contributed by atoms with van der Waals surface area (Å²) in [6, 6.07) is 13.0. The van der Waals surface area contributed by atoms with E-state index >= 15 is 0 Å². The van der Waals surface area contributed by atoms with E-state index in [1.165, 1.54) is 18.5 Å². The minimum Gasteiger partial charge on any atom is -0.391 e. The van der Waals surface area contributed by atoms with Crippen molar-refractivity contribution in [2.75, 3.05) is 0 Å². The Hall–Kier alpha value is -2.77. The highest BCUT2D eigenvalue weighted by Crippen LogP contribution is 2.16. The number of aliphatic hydroxyl groups excluding tert-OH is 1. The molecule has 0 aliphatic heterocycles. The Morgan fingerprint density at radius 1 is 1.09 bits per heavy atom. The number of carbonyl (C=O) groups excluding carboxylic acids is 2. The number of rotatable bonds is 5. The second kappa shape index (κ2) is 7.48. The van der Waals surface area contributed by atoms with E-state index in [-0.39, 0.29) is 5.69 Å². The largest absolute Gasteiger partial charge is 0.391 e. The van der Waals surface area contributed by atoms with Crippen LogP contribution in [0.15, 0.2) is 48.5 Å². The first-order valence-electron chi connectivity index (χ1n) is 6.98. The molecule has 0 saturated carbocycles. The first-order valence-corrected chi connectivity index (χ1v) is 6.98. The minimum absolute atomic E-state index is 0.0998. The SMILES string of the molecule is CC(O)C(NC(=O)c1cccc(-c2ccccc2)n1)C(=O)NO. The zero-order valence-corrected chi connectivity index (χ0v) is 12.4. The fraction of sp³-hybridized carbons (Fsp3) is 0.188. The van der Waals surface area contributed by atoms with E-state index in [4.69, 9.17) is 5.21 Å². The van der Waals surface area contributed by atoms with Crippen molar-refractivity contribution in [1.82, 2.24) is 15.8 Å². The van der Waals surface area contributed by atoms with Crippen LogP contribution in [0.25, 0.3) is 11.3 Å². The number of hydrogen-bond acceptors (Lipinski definition) is 5. The van der Waals surface area contributed by atoms with Gasteiger partial charge in [0.2, 0.25) is 0 Å². The highest BCUT2D eigenvalue weighted by Gasteiger charge is 2.26. The van der Waals surface area contributed by atoms with Gasteiger partial charge in [-0.1, -0.05) is 36.4 Å². The minimum atomic E-state index is -1.28. The Bertz CT molecular complexity index is 689. The van der Waals surface area contributed by atoms with Crippen LogP contribution in [-0.4, -0.2) is 39.3 Å². The molecule has 1 aromatic carbocycles. The lowest BCUT2D eigenvalue weighted by atomic mass is 10.1. The van der Waals surface area contributed by atoms with Crippen molar-refractivity contribution < 1.29 is 19.9 Å². The molecule has 0 saturated heterocycles. The molecule has 7 heteroatoms. The summed E-state index contributed by atoms with van der Waals surface area (Å²) in [6.07, 6.45) is -1.18. The average molecular weight is 315 g/mol. The number of aromatic nitrogens is 1. The maximum absolute atomic E-state index is 12.2. The van der Waals surface area contributed by atoms with E-state index < -0.39 is 24.0 Å². The zero-order chi connectivity index (χ0) is 16.8. The number of nitrogens with zero attached hydrogens (tertiary/aromatic N) is 1. The van der Waals surface area contributed by atoms with Gasteiger partial charge in [-0.15, -0.1) is 0 Å². The third kappa shape index (κ3) is 4.12. The molecule has 2 amide bonds. The monoisotopic (exact) mass is 315 g/mol. The molecule has 0 fully saturated rings. The molecule has 2 unspecified atom stereocenters. The lowest BCUT2D eigenvalue weighted by molar-refractivity contribution is -0.133. The second-order valence-electron chi connectivity index (χ2n) is 4.94. The van der Waals surface area contributed by atoms with Gasteiger partial charge in [0, 0.05) is 5.56 Å². The van der Waals surface area contributed by atoms with Crippen LogP contribution < -0.4 is 10.8 Å². The molecule has 4 N–H and O–H groups in total. The average Bonchev–Trinajstić information content (AvgIpc) is 2.59. The van der Waals surface area contributed by atoms with E-state index in [1.807, 2.05) is 30.3 Å². The normalized spacial score (nSPS) is 13.0. The van der Waals surface area contributed by atoms with E-state index in [9.17, 15) is 14.7 Å². The predicted molar refractivity (Wildman–Crippen MR) is 82.5 cm³/mol. The smallest absolute Gasteiger partial charge is 0.270 e. The van der Waals surface area contributed by atoms with Crippen LogP contribution in [0, 0.1) is 0 Å². The molecular weight excluding hydrogens is 298 g/mol. The summed E-state index contributed by atoms with van der Waals surface area (Å²) in [5.74, 6) is -1.54. The molecule has 0 spiro atoms. The van der Waals surface area contributed by atoms with Crippen LogP contribution >= 0.6 is 0 Å². The number of aliphatic hydroxyl groups is 1.